The lowest BCUT2D eigenvalue weighted by Gasteiger charge is -2.35. The van der Waals surface area contributed by atoms with E-state index in [1.54, 1.807) is 0 Å². The minimum absolute atomic E-state index is 0.0769. The summed E-state index contributed by atoms with van der Waals surface area (Å²) in [5.41, 5.74) is 3.75. The van der Waals surface area contributed by atoms with E-state index in [-0.39, 0.29) is 12.3 Å². The van der Waals surface area contributed by atoms with Crippen molar-refractivity contribution in [1.82, 2.24) is 9.88 Å². The van der Waals surface area contributed by atoms with E-state index in [0.29, 0.717) is 24.7 Å². The summed E-state index contributed by atoms with van der Waals surface area (Å²) in [6.45, 7) is 14.5. The summed E-state index contributed by atoms with van der Waals surface area (Å²) in [5, 5.41) is 4.09. The number of hydrogen-bond acceptors (Lipinski definition) is 6. The molecular formula is C28H36N4O3. The zero-order chi connectivity index (χ0) is 24.8. The van der Waals surface area contributed by atoms with Gasteiger partial charge >= 0.3 is 0 Å². The molecule has 1 aromatic heterocycles. The largest absolute Gasteiger partial charge is 0.490 e. The predicted molar refractivity (Wildman–Crippen MR) is 142 cm³/mol. The zero-order valence-corrected chi connectivity index (χ0v) is 21.3. The van der Waals surface area contributed by atoms with Crippen LogP contribution in [-0.2, 0) is 11.2 Å². The first-order valence-electron chi connectivity index (χ1n) is 12.6. The van der Waals surface area contributed by atoms with Gasteiger partial charge in [-0.25, -0.2) is 4.98 Å². The molecule has 3 aromatic rings. The Labute approximate surface area is 208 Å². The average Bonchev–Trinajstić information content (AvgIpc) is 2.86. The van der Waals surface area contributed by atoms with E-state index in [0.717, 1.165) is 66.3 Å². The van der Waals surface area contributed by atoms with E-state index in [2.05, 4.69) is 35.0 Å². The third kappa shape index (κ3) is 6.03. The fraction of sp³-hybridized carbons (Fsp3) is 0.429. The maximum atomic E-state index is 12.8. The second-order valence-corrected chi connectivity index (χ2v) is 8.82. The molecule has 0 unspecified atom stereocenters. The van der Waals surface area contributed by atoms with Crippen LogP contribution in [0.25, 0.3) is 10.9 Å². The Morgan fingerprint density at radius 3 is 2.40 bits per heavy atom. The van der Waals surface area contributed by atoms with Gasteiger partial charge in [0.15, 0.2) is 11.5 Å². The molecule has 0 spiro atoms. The van der Waals surface area contributed by atoms with E-state index < -0.39 is 0 Å². The SMILES string of the molecule is CCOc1ccc(CC(=O)Nc2ccc3nc(N4CCN(CC)CC4)cc(C)c3c2)cc1OCC. The molecule has 2 heterocycles. The third-order valence-electron chi connectivity index (χ3n) is 6.40. The van der Waals surface area contributed by atoms with Crippen molar-refractivity contribution in [3.63, 3.8) is 0 Å². The Morgan fingerprint density at radius 1 is 0.943 bits per heavy atom. The van der Waals surface area contributed by atoms with Crippen LogP contribution in [0.2, 0.25) is 0 Å². The van der Waals surface area contributed by atoms with Gasteiger partial charge < -0.3 is 24.6 Å². The summed E-state index contributed by atoms with van der Waals surface area (Å²) < 4.78 is 11.3. The van der Waals surface area contributed by atoms with Crippen LogP contribution in [0.3, 0.4) is 0 Å². The van der Waals surface area contributed by atoms with Gasteiger partial charge in [0.25, 0.3) is 0 Å². The smallest absolute Gasteiger partial charge is 0.228 e. The molecule has 0 bridgehead atoms. The van der Waals surface area contributed by atoms with E-state index >= 15 is 0 Å². The number of rotatable bonds is 9. The van der Waals surface area contributed by atoms with Gasteiger partial charge in [-0.05, 0) is 74.8 Å². The zero-order valence-electron chi connectivity index (χ0n) is 21.3. The van der Waals surface area contributed by atoms with Crippen LogP contribution in [-0.4, -0.2) is 61.7 Å². The molecule has 1 saturated heterocycles. The normalized spacial score (nSPS) is 14.2. The molecule has 1 fully saturated rings. The Hall–Kier alpha value is -3.32. The summed E-state index contributed by atoms with van der Waals surface area (Å²) in [6, 6.07) is 13.7. The third-order valence-corrected chi connectivity index (χ3v) is 6.40. The van der Waals surface area contributed by atoms with Crippen molar-refractivity contribution in [3.8, 4) is 11.5 Å². The standard InChI is InChI=1S/C28H36N4O3/c1-5-31-12-14-32(15-13-31)27-16-20(4)23-19-22(9-10-24(23)30-27)29-28(33)18-21-8-11-25(34-6-2)26(17-21)35-7-3/h8-11,16-17,19H,5-7,12-15,18H2,1-4H3,(H,29,33). The average molecular weight is 477 g/mol. The topological polar surface area (TPSA) is 66.9 Å². The molecule has 1 aliphatic rings. The van der Waals surface area contributed by atoms with E-state index in [4.69, 9.17) is 14.5 Å². The van der Waals surface area contributed by atoms with Crippen molar-refractivity contribution in [2.24, 2.45) is 0 Å². The molecule has 1 amide bonds. The minimum atomic E-state index is -0.0769. The highest BCUT2D eigenvalue weighted by molar-refractivity contribution is 5.95. The van der Waals surface area contributed by atoms with Gasteiger partial charge in [-0.2, -0.15) is 0 Å². The van der Waals surface area contributed by atoms with Crippen molar-refractivity contribution < 1.29 is 14.3 Å². The Balaban J connectivity index is 1.45. The number of benzene rings is 2. The summed E-state index contributed by atoms with van der Waals surface area (Å²) in [5.74, 6) is 2.32. The van der Waals surface area contributed by atoms with Gasteiger partial charge in [0, 0.05) is 37.3 Å². The van der Waals surface area contributed by atoms with Crippen molar-refractivity contribution >= 4 is 28.3 Å². The van der Waals surface area contributed by atoms with Crippen LogP contribution in [0.1, 0.15) is 31.9 Å². The van der Waals surface area contributed by atoms with Crippen LogP contribution in [0.5, 0.6) is 11.5 Å². The van der Waals surface area contributed by atoms with Gasteiger partial charge in [-0.15, -0.1) is 0 Å². The summed E-state index contributed by atoms with van der Waals surface area (Å²) in [7, 11) is 0. The van der Waals surface area contributed by atoms with Crippen LogP contribution < -0.4 is 19.7 Å². The minimum Gasteiger partial charge on any atom is -0.490 e. The number of piperazine rings is 1. The number of carbonyl (C=O) groups excluding carboxylic acids is 1. The number of anilines is 2. The maximum absolute atomic E-state index is 12.8. The fourth-order valence-electron chi connectivity index (χ4n) is 4.51. The highest BCUT2D eigenvalue weighted by Crippen LogP contribution is 2.29. The second-order valence-electron chi connectivity index (χ2n) is 8.82. The molecular weight excluding hydrogens is 440 g/mol. The van der Waals surface area contributed by atoms with Crippen LogP contribution in [0.4, 0.5) is 11.5 Å². The van der Waals surface area contributed by atoms with Crippen molar-refractivity contribution in [3.05, 3.63) is 53.6 Å². The number of aromatic nitrogens is 1. The first-order chi connectivity index (χ1) is 17.0. The Bertz CT molecular complexity index is 1170. The first kappa shape index (κ1) is 24.8. The molecule has 1 N–H and O–H groups in total. The monoisotopic (exact) mass is 476 g/mol. The first-order valence-corrected chi connectivity index (χ1v) is 12.6. The maximum Gasteiger partial charge on any atom is 0.228 e. The molecule has 1 aliphatic heterocycles. The molecule has 0 radical (unpaired) electrons. The lowest BCUT2D eigenvalue weighted by molar-refractivity contribution is -0.115. The molecule has 0 aliphatic carbocycles. The number of nitrogens with one attached hydrogen (secondary N) is 1. The van der Waals surface area contributed by atoms with Gasteiger partial charge in [0.2, 0.25) is 5.91 Å². The lowest BCUT2D eigenvalue weighted by atomic mass is 10.1. The second kappa shape index (κ2) is 11.4. The number of fused-ring (bicyclic) bond motifs is 1. The molecule has 35 heavy (non-hydrogen) atoms. The highest BCUT2D eigenvalue weighted by Gasteiger charge is 2.18. The number of carbonyl (C=O) groups is 1. The van der Waals surface area contributed by atoms with Gasteiger partial charge in [-0.1, -0.05) is 13.0 Å². The van der Waals surface area contributed by atoms with Crippen molar-refractivity contribution in [2.75, 3.05) is 56.2 Å². The van der Waals surface area contributed by atoms with Crippen molar-refractivity contribution in [1.29, 1.82) is 0 Å². The van der Waals surface area contributed by atoms with E-state index in [1.165, 1.54) is 0 Å². The number of aryl methyl sites for hydroxylation is 1. The summed E-state index contributed by atoms with van der Waals surface area (Å²) >= 11 is 0. The number of hydrogen-bond donors (Lipinski definition) is 1. The summed E-state index contributed by atoms with van der Waals surface area (Å²) in [6.07, 6.45) is 0.254. The molecule has 186 valence electrons. The highest BCUT2D eigenvalue weighted by atomic mass is 16.5. The van der Waals surface area contributed by atoms with Gasteiger partial charge in [0.05, 0.1) is 25.2 Å². The molecule has 4 rings (SSSR count). The molecule has 0 atom stereocenters. The lowest BCUT2D eigenvalue weighted by Crippen LogP contribution is -2.46. The quantitative estimate of drug-likeness (QED) is 0.484. The van der Waals surface area contributed by atoms with Crippen LogP contribution in [0.15, 0.2) is 42.5 Å². The number of nitrogens with zero attached hydrogens (tertiary/aromatic N) is 3. The Kier molecular flexibility index (Phi) is 8.08. The molecule has 7 nitrogen and oxygen atoms in total. The van der Waals surface area contributed by atoms with Crippen LogP contribution in [0, 0.1) is 6.92 Å². The number of ether oxygens (including phenoxy) is 2. The number of amides is 1. The van der Waals surface area contributed by atoms with Crippen LogP contribution >= 0.6 is 0 Å². The number of likely N-dealkylation sites (N-methyl/N-ethyl adjacent to an activating group) is 1. The fourth-order valence-corrected chi connectivity index (χ4v) is 4.51. The predicted octanol–water partition coefficient (Wildman–Crippen LogP) is 4.66. The van der Waals surface area contributed by atoms with Gasteiger partial charge in [0.1, 0.15) is 5.82 Å². The van der Waals surface area contributed by atoms with Crippen molar-refractivity contribution in [2.45, 2.75) is 34.1 Å². The van der Waals surface area contributed by atoms with E-state index in [1.807, 2.05) is 50.2 Å². The Morgan fingerprint density at radius 2 is 1.69 bits per heavy atom. The molecule has 2 aromatic carbocycles. The van der Waals surface area contributed by atoms with E-state index in [9.17, 15) is 4.79 Å². The molecule has 7 heteroatoms. The molecule has 0 saturated carbocycles. The summed E-state index contributed by atoms with van der Waals surface area (Å²) in [4.78, 5) is 22.5. The van der Waals surface area contributed by atoms with Gasteiger partial charge in [-0.3, -0.25) is 4.79 Å². The number of pyridine rings is 1.